The maximum absolute atomic E-state index is 12.2. The number of rotatable bonds is 15. The summed E-state index contributed by atoms with van der Waals surface area (Å²) in [5, 5.41) is 12.2. The van der Waals surface area contributed by atoms with Gasteiger partial charge in [0.15, 0.2) is 0 Å². The molecule has 6 nitrogen and oxygen atoms in total. The molecule has 0 heterocycles. The Hall–Kier alpha value is -3.36. The van der Waals surface area contributed by atoms with Crippen LogP contribution in [0.4, 0.5) is 0 Å². The molecule has 0 aromatic heterocycles. The van der Waals surface area contributed by atoms with Crippen molar-refractivity contribution < 1.29 is 24.1 Å². The van der Waals surface area contributed by atoms with E-state index in [9.17, 15) is 5.11 Å². The van der Waals surface area contributed by atoms with Gasteiger partial charge in [-0.1, -0.05) is 135 Å². The quantitative estimate of drug-likeness (QED) is 0.171. The van der Waals surface area contributed by atoms with E-state index in [1.807, 2.05) is 97.1 Å². The van der Waals surface area contributed by atoms with Gasteiger partial charge in [-0.15, -0.1) is 0 Å². The summed E-state index contributed by atoms with van der Waals surface area (Å²) >= 11 is 0. The molecule has 232 valence electrons. The summed E-state index contributed by atoms with van der Waals surface area (Å²) in [6.07, 6.45) is -3.12. The van der Waals surface area contributed by atoms with Crippen LogP contribution in [0.5, 0.6) is 0 Å². The Labute approximate surface area is 262 Å². The number of hydrogen-bond acceptors (Lipinski definition) is 6. The topological polar surface area (TPSA) is 60.4 Å². The molecule has 5 rings (SSSR count). The summed E-state index contributed by atoms with van der Waals surface area (Å²) in [6.45, 7) is 7.20. The normalized spacial score (nSPS) is 23.5. The zero-order valence-corrected chi connectivity index (χ0v) is 25.8. The van der Waals surface area contributed by atoms with Gasteiger partial charge >= 0.3 is 0 Å². The van der Waals surface area contributed by atoms with Crippen molar-refractivity contribution in [1.82, 2.24) is 4.90 Å². The third kappa shape index (κ3) is 8.42. The molecule has 0 spiro atoms. The molecule has 1 fully saturated rings. The summed E-state index contributed by atoms with van der Waals surface area (Å²) in [6, 6.07) is 40.1. The fraction of sp³-hybridized carbons (Fsp3) is 0.368. The molecule has 1 saturated carbocycles. The maximum atomic E-state index is 12.2. The number of benzene rings is 4. The molecule has 0 radical (unpaired) electrons. The fourth-order valence-electron chi connectivity index (χ4n) is 6.05. The van der Waals surface area contributed by atoms with Crippen molar-refractivity contribution in [2.75, 3.05) is 13.1 Å². The first-order valence-electron chi connectivity index (χ1n) is 15.7. The Morgan fingerprint density at radius 1 is 0.455 bits per heavy atom. The number of likely N-dealkylation sites (N-methyl/N-ethyl adjacent to an activating group) is 1. The standard InChI is InChI=1S/C38H45NO5/c1-3-39(4-2)33-34(40)36(42-26-30-19-11-6-12-20-30)38(44-28-32-23-15-8-16-24-32)37(43-27-31-21-13-7-14-22-31)35(33)41-25-29-17-9-5-10-18-29/h5-24,33-38,40H,3-4,25-28H2,1-2H3/t33-,34-,35+,36+,37-,38-/m1/s1. The first-order chi connectivity index (χ1) is 21.7. The van der Waals surface area contributed by atoms with Gasteiger partial charge in [0.25, 0.3) is 0 Å². The predicted octanol–water partition coefficient (Wildman–Crippen LogP) is 6.41. The summed E-state index contributed by atoms with van der Waals surface area (Å²) in [7, 11) is 0. The molecule has 4 aromatic rings. The van der Waals surface area contributed by atoms with E-state index in [2.05, 4.69) is 43.0 Å². The summed E-state index contributed by atoms with van der Waals surface area (Å²) in [4.78, 5) is 2.26. The monoisotopic (exact) mass is 595 g/mol. The van der Waals surface area contributed by atoms with Gasteiger partial charge in [-0.05, 0) is 35.3 Å². The minimum absolute atomic E-state index is 0.347. The summed E-state index contributed by atoms with van der Waals surface area (Å²) < 4.78 is 26.9. The first kappa shape index (κ1) is 32.0. The van der Waals surface area contributed by atoms with E-state index in [-0.39, 0.29) is 6.04 Å². The lowest BCUT2D eigenvalue weighted by atomic mass is 9.81. The molecule has 6 atom stereocenters. The van der Waals surface area contributed by atoms with Crippen molar-refractivity contribution >= 4 is 0 Å². The number of nitrogens with zero attached hydrogens (tertiary/aromatic N) is 1. The molecule has 4 aromatic carbocycles. The fourth-order valence-corrected chi connectivity index (χ4v) is 6.05. The van der Waals surface area contributed by atoms with Gasteiger partial charge in [0.05, 0.1) is 32.5 Å². The molecule has 1 N–H and O–H groups in total. The van der Waals surface area contributed by atoms with Crippen molar-refractivity contribution in [1.29, 1.82) is 0 Å². The highest BCUT2D eigenvalue weighted by molar-refractivity contribution is 5.17. The molecular weight excluding hydrogens is 550 g/mol. The van der Waals surface area contributed by atoms with Gasteiger partial charge in [-0.25, -0.2) is 0 Å². The Morgan fingerprint density at radius 2 is 0.750 bits per heavy atom. The Bertz CT molecular complexity index is 1340. The van der Waals surface area contributed by atoms with Crippen LogP contribution in [0.3, 0.4) is 0 Å². The Balaban J connectivity index is 1.51. The van der Waals surface area contributed by atoms with Gasteiger partial charge < -0.3 is 24.1 Å². The number of hydrogen-bond donors (Lipinski definition) is 1. The van der Waals surface area contributed by atoms with E-state index in [1.165, 1.54) is 0 Å². The molecule has 6 heteroatoms. The first-order valence-corrected chi connectivity index (χ1v) is 15.7. The van der Waals surface area contributed by atoms with E-state index < -0.39 is 30.5 Å². The van der Waals surface area contributed by atoms with Gasteiger partial charge in [0, 0.05) is 0 Å². The van der Waals surface area contributed by atoms with E-state index in [0.29, 0.717) is 26.4 Å². The van der Waals surface area contributed by atoms with Crippen LogP contribution in [0, 0.1) is 0 Å². The number of aliphatic hydroxyl groups is 1. The highest BCUT2D eigenvalue weighted by Crippen LogP contribution is 2.35. The van der Waals surface area contributed by atoms with Crippen LogP contribution in [0.25, 0.3) is 0 Å². The lowest BCUT2D eigenvalue weighted by Gasteiger charge is -2.51. The largest absolute Gasteiger partial charge is 0.389 e. The SMILES string of the molecule is CCN(CC)[C@@H]1[C@@H](O)[C@H](OCc2ccccc2)[C@@H](OCc2ccccc2)[C@H](OCc2ccccc2)[C@H]1OCc1ccccc1. The zero-order chi connectivity index (χ0) is 30.6. The second-order valence-corrected chi connectivity index (χ2v) is 11.2. The average Bonchev–Trinajstić information content (AvgIpc) is 3.08. The Morgan fingerprint density at radius 3 is 1.09 bits per heavy atom. The van der Waals surface area contributed by atoms with Crippen molar-refractivity contribution in [3.8, 4) is 0 Å². The van der Waals surface area contributed by atoms with Crippen LogP contribution in [0.1, 0.15) is 36.1 Å². The van der Waals surface area contributed by atoms with Crippen LogP contribution >= 0.6 is 0 Å². The van der Waals surface area contributed by atoms with Crippen LogP contribution < -0.4 is 0 Å². The number of ether oxygens (including phenoxy) is 4. The third-order valence-electron chi connectivity index (χ3n) is 8.37. The molecule has 1 aliphatic carbocycles. The smallest absolute Gasteiger partial charge is 0.115 e. The predicted molar refractivity (Wildman–Crippen MR) is 173 cm³/mol. The van der Waals surface area contributed by atoms with Crippen LogP contribution in [-0.4, -0.2) is 59.7 Å². The molecule has 1 aliphatic rings. The number of aliphatic hydroxyl groups excluding tert-OH is 1. The van der Waals surface area contributed by atoms with Crippen molar-refractivity contribution in [2.24, 2.45) is 0 Å². The van der Waals surface area contributed by atoms with Gasteiger partial charge in [0.1, 0.15) is 30.5 Å². The van der Waals surface area contributed by atoms with Gasteiger partial charge in [-0.3, -0.25) is 4.90 Å². The minimum Gasteiger partial charge on any atom is -0.389 e. The lowest BCUT2D eigenvalue weighted by Crippen LogP contribution is -2.70. The second-order valence-electron chi connectivity index (χ2n) is 11.2. The molecule has 0 bridgehead atoms. The van der Waals surface area contributed by atoms with Gasteiger partial charge in [0.2, 0.25) is 0 Å². The summed E-state index contributed by atoms with van der Waals surface area (Å²) in [5.74, 6) is 0. The zero-order valence-electron chi connectivity index (χ0n) is 25.8. The highest BCUT2D eigenvalue weighted by atomic mass is 16.6. The van der Waals surface area contributed by atoms with Crippen LogP contribution in [0.15, 0.2) is 121 Å². The van der Waals surface area contributed by atoms with Gasteiger partial charge in [-0.2, -0.15) is 0 Å². The van der Waals surface area contributed by atoms with Crippen molar-refractivity contribution in [3.05, 3.63) is 144 Å². The van der Waals surface area contributed by atoms with E-state index in [1.54, 1.807) is 0 Å². The second kappa shape index (κ2) is 16.6. The molecular formula is C38H45NO5. The lowest BCUT2D eigenvalue weighted by molar-refractivity contribution is -0.263. The van der Waals surface area contributed by atoms with Crippen molar-refractivity contribution in [2.45, 2.75) is 76.8 Å². The maximum Gasteiger partial charge on any atom is 0.115 e. The third-order valence-corrected chi connectivity index (χ3v) is 8.37. The molecule has 0 saturated heterocycles. The minimum atomic E-state index is -0.878. The molecule has 0 unspecified atom stereocenters. The summed E-state index contributed by atoms with van der Waals surface area (Å²) in [5.41, 5.74) is 4.19. The van der Waals surface area contributed by atoms with E-state index >= 15 is 0 Å². The van der Waals surface area contributed by atoms with E-state index in [4.69, 9.17) is 18.9 Å². The van der Waals surface area contributed by atoms with E-state index in [0.717, 1.165) is 35.3 Å². The average molecular weight is 596 g/mol. The molecule has 0 aliphatic heterocycles. The Kier molecular flexibility index (Phi) is 12.1. The van der Waals surface area contributed by atoms with Crippen LogP contribution in [-0.2, 0) is 45.4 Å². The molecule has 44 heavy (non-hydrogen) atoms. The van der Waals surface area contributed by atoms with Crippen molar-refractivity contribution in [3.63, 3.8) is 0 Å². The van der Waals surface area contributed by atoms with Crippen LogP contribution in [0.2, 0.25) is 0 Å². The molecule has 0 amide bonds. The highest BCUT2D eigenvalue weighted by Gasteiger charge is 2.54.